The van der Waals surface area contributed by atoms with Crippen LogP contribution < -0.4 is 4.74 Å². The van der Waals surface area contributed by atoms with Crippen LogP contribution in [0, 0.1) is 6.92 Å². The number of piperazine rings is 1. The molecule has 0 saturated carbocycles. The van der Waals surface area contributed by atoms with Crippen molar-refractivity contribution in [1.29, 1.82) is 0 Å². The summed E-state index contributed by atoms with van der Waals surface area (Å²) in [5, 5.41) is 1.06. The number of hydrogen-bond donors (Lipinski definition) is 0. The van der Waals surface area contributed by atoms with E-state index < -0.39 is 0 Å². The molecule has 1 fully saturated rings. The second-order valence-corrected chi connectivity index (χ2v) is 8.18. The molecule has 1 aliphatic rings. The first-order chi connectivity index (χ1) is 11.7. The monoisotopic (exact) mass is 360 g/mol. The zero-order valence-electron chi connectivity index (χ0n) is 15.4. The molecule has 1 saturated heterocycles. The summed E-state index contributed by atoms with van der Waals surface area (Å²) in [4.78, 5) is 29.4. The van der Waals surface area contributed by atoms with E-state index in [0.29, 0.717) is 19.6 Å². The lowest BCUT2D eigenvalue weighted by Crippen LogP contribution is -2.61. The Kier molecular flexibility index (Phi) is 4.49. The van der Waals surface area contributed by atoms with Crippen LogP contribution in [0.1, 0.15) is 36.0 Å². The first-order valence-corrected chi connectivity index (χ1v) is 9.21. The van der Waals surface area contributed by atoms with Gasteiger partial charge < -0.3 is 14.5 Å². The van der Waals surface area contributed by atoms with Gasteiger partial charge in [-0.3, -0.25) is 9.59 Å². The molecular formula is C19H24N2O3S. The first kappa shape index (κ1) is 17.7. The summed E-state index contributed by atoms with van der Waals surface area (Å²) in [7, 11) is 1.64. The highest BCUT2D eigenvalue weighted by Gasteiger charge is 2.38. The Morgan fingerprint density at radius 2 is 1.96 bits per heavy atom. The molecule has 2 aromatic rings. The van der Waals surface area contributed by atoms with Crippen molar-refractivity contribution < 1.29 is 14.3 Å². The van der Waals surface area contributed by atoms with Gasteiger partial charge in [0.25, 0.3) is 5.91 Å². The van der Waals surface area contributed by atoms with Gasteiger partial charge in [-0.05, 0) is 49.9 Å². The lowest BCUT2D eigenvalue weighted by Gasteiger charge is -2.46. The number of aryl methyl sites for hydroxylation is 1. The maximum atomic E-state index is 13.2. The van der Waals surface area contributed by atoms with E-state index in [9.17, 15) is 9.59 Å². The molecule has 0 spiro atoms. The summed E-state index contributed by atoms with van der Waals surface area (Å²) in [5.41, 5.74) is 0.607. The number of thiophene rings is 1. The Hall–Kier alpha value is -2.08. The second-order valence-electron chi connectivity index (χ2n) is 7.13. The highest BCUT2D eigenvalue weighted by atomic mass is 32.1. The molecule has 0 unspecified atom stereocenters. The highest BCUT2D eigenvalue weighted by molar-refractivity contribution is 7.21. The van der Waals surface area contributed by atoms with Crippen LogP contribution in [0.2, 0.25) is 0 Å². The van der Waals surface area contributed by atoms with Crippen LogP contribution in [-0.2, 0) is 4.79 Å². The number of rotatable bonds is 2. The fourth-order valence-corrected chi connectivity index (χ4v) is 4.59. The van der Waals surface area contributed by atoms with Crippen molar-refractivity contribution in [3.63, 3.8) is 0 Å². The van der Waals surface area contributed by atoms with E-state index in [1.165, 1.54) is 11.3 Å². The Balaban J connectivity index is 1.94. The van der Waals surface area contributed by atoms with Crippen molar-refractivity contribution in [2.24, 2.45) is 0 Å². The molecule has 2 heterocycles. The van der Waals surface area contributed by atoms with Crippen LogP contribution in [0.3, 0.4) is 0 Å². The largest absolute Gasteiger partial charge is 0.497 e. The standard InChI is InChI=1S/C19H24N2O3S/c1-12-15-10-14(24-5)6-7-16(15)25-17(12)18(23)21-9-8-20(13(2)22)11-19(21,3)4/h6-7,10H,8-9,11H2,1-5H3. The Morgan fingerprint density at radius 3 is 2.56 bits per heavy atom. The number of methoxy groups -OCH3 is 1. The molecule has 6 heteroatoms. The predicted octanol–water partition coefficient (Wildman–Crippen LogP) is 3.30. The molecule has 1 aliphatic heterocycles. The number of carbonyl (C=O) groups is 2. The Bertz CT molecular complexity index is 841. The molecule has 134 valence electrons. The van der Waals surface area contributed by atoms with Gasteiger partial charge in [-0.15, -0.1) is 11.3 Å². The van der Waals surface area contributed by atoms with Gasteiger partial charge >= 0.3 is 0 Å². The van der Waals surface area contributed by atoms with Crippen molar-refractivity contribution in [3.8, 4) is 5.75 Å². The molecule has 0 N–H and O–H groups in total. The minimum absolute atomic E-state index is 0.0471. The summed E-state index contributed by atoms with van der Waals surface area (Å²) in [6.07, 6.45) is 0. The molecule has 1 aromatic heterocycles. The third-order valence-corrected chi connectivity index (χ3v) is 6.19. The highest BCUT2D eigenvalue weighted by Crippen LogP contribution is 2.35. The zero-order chi connectivity index (χ0) is 18.4. The van der Waals surface area contributed by atoms with E-state index in [2.05, 4.69) is 0 Å². The van der Waals surface area contributed by atoms with Crippen LogP contribution >= 0.6 is 11.3 Å². The topological polar surface area (TPSA) is 49.9 Å². The smallest absolute Gasteiger partial charge is 0.264 e. The van der Waals surface area contributed by atoms with E-state index in [1.54, 1.807) is 14.0 Å². The van der Waals surface area contributed by atoms with E-state index in [1.807, 2.05) is 48.8 Å². The lowest BCUT2D eigenvalue weighted by atomic mass is 9.98. The maximum absolute atomic E-state index is 13.2. The first-order valence-electron chi connectivity index (χ1n) is 8.39. The molecule has 3 rings (SSSR count). The summed E-state index contributed by atoms with van der Waals surface area (Å²) in [5.74, 6) is 0.902. The molecule has 0 bridgehead atoms. The number of ether oxygens (including phenoxy) is 1. The van der Waals surface area contributed by atoms with E-state index >= 15 is 0 Å². The van der Waals surface area contributed by atoms with Crippen molar-refractivity contribution >= 4 is 33.2 Å². The van der Waals surface area contributed by atoms with E-state index in [0.717, 1.165) is 26.3 Å². The minimum atomic E-state index is -0.388. The molecular weight excluding hydrogens is 336 g/mol. The van der Waals surface area contributed by atoms with Crippen LogP contribution in [0.15, 0.2) is 18.2 Å². The zero-order valence-corrected chi connectivity index (χ0v) is 16.2. The number of fused-ring (bicyclic) bond motifs is 1. The van der Waals surface area contributed by atoms with E-state index in [4.69, 9.17) is 4.74 Å². The van der Waals surface area contributed by atoms with Crippen molar-refractivity contribution in [3.05, 3.63) is 28.6 Å². The number of carbonyl (C=O) groups excluding carboxylic acids is 2. The summed E-state index contributed by atoms with van der Waals surface area (Å²) in [6, 6.07) is 5.90. The molecule has 1 aromatic carbocycles. The normalized spacial score (nSPS) is 17.0. The SMILES string of the molecule is COc1ccc2sc(C(=O)N3CCN(C(C)=O)CC3(C)C)c(C)c2c1. The molecule has 0 aliphatic carbocycles. The predicted molar refractivity (Wildman–Crippen MR) is 100 cm³/mol. The van der Waals surface area contributed by atoms with Crippen LogP contribution in [0.4, 0.5) is 0 Å². The minimum Gasteiger partial charge on any atom is -0.497 e. The average Bonchev–Trinajstić information content (AvgIpc) is 2.89. The lowest BCUT2D eigenvalue weighted by molar-refractivity contribution is -0.132. The van der Waals surface area contributed by atoms with Crippen molar-refractivity contribution in [2.45, 2.75) is 33.2 Å². The van der Waals surface area contributed by atoms with Gasteiger partial charge in [0.2, 0.25) is 5.91 Å². The summed E-state index contributed by atoms with van der Waals surface area (Å²) >= 11 is 1.53. The van der Waals surface area contributed by atoms with Gasteiger partial charge in [-0.2, -0.15) is 0 Å². The van der Waals surface area contributed by atoms with Gasteiger partial charge in [0, 0.05) is 31.3 Å². The number of amides is 2. The molecule has 25 heavy (non-hydrogen) atoms. The average molecular weight is 360 g/mol. The molecule has 5 nitrogen and oxygen atoms in total. The second kappa shape index (κ2) is 6.33. The van der Waals surface area contributed by atoms with Gasteiger partial charge in [0.15, 0.2) is 0 Å². The van der Waals surface area contributed by atoms with Crippen LogP contribution in [0.5, 0.6) is 5.75 Å². The number of hydrogen-bond acceptors (Lipinski definition) is 4. The molecule has 2 amide bonds. The Labute approximate surface area is 152 Å². The van der Waals surface area contributed by atoms with Gasteiger partial charge in [-0.25, -0.2) is 0 Å². The van der Waals surface area contributed by atoms with E-state index in [-0.39, 0.29) is 17.4 Å². The fraction of sp³-hybridized carbons (Fsp3) is 0.474. The van der Waals surface area contributed by atoms with Crippen LogP contribution in [-0.4, -0.2) is 53.9 Å². The van der Waals surface area contributed by atoms with Gasteiger partial charge in [0.05, 0.1) is 17.5 Å². The van der Waals surface area contributed by atoms with Crippen molar-refractivity contribution in [2.75, 3.05) is 26.7 Å². The number of nitrogens with zero attached hydrogens (tertiary/aromatic N) is 2. The fourth-order valence-electron chi connectivity index (χ4n) is 3.45. The quantitative estimate of drug-likeness (QED) is 0.826. The summed E-state index contributed by atoms with van der Waals surface area (Å²) in [6.45, 7) is 9.31. The maximum Gasteiger partial charge on any atom is 0.264 e. The third-order valence-electron chi connectivity index (χ3n) is 4.93. The third kappa shape index (κ3) is 3.11. The molecule has 0 radical (unpaired) electrons. The number of benzene rings is 1. The van der Waals surface area contributed by atoms with Gasteiger partial charge in [-0.1, -0.05) is 0 Å². The Morgan fingerprint density at radius 1 is 1.24 bits per heavy atom. The summed E-state index contributed by atoms with van der Waals surface area (Å²) < 4.78 is 6.39. The molecule has 0 atom stereocenters. The van der Waals surface area contributed by atoms with Crippen LogP contribution in [0.25, 0.3) is 10.1 Å². The van der Waals surface area contributed by atoms with Gasteiger partial charge in [0.1, 0.15) is 5.75 Å². The van der Waals surface area contributed by atoms with Crippen molar-refractivity contribution in [1.82, 2.24) is 9.80 Å².